The summed E-state index contributed by atoms with van der Waals surface area (Å²) < 4.78 is 0. The Balaban J connectivity index is 0.00000210. The number of pyridine rings is 1. The topological polar surface area (TPSA) is 56.0 Å². The molecule has 5 heteroatoms. The molecule has 0 atom stereocenters. The number of nitro benzene ring substituents is 1. The van der Waals surface area contributed by atoms with Crippen LogP contribution in [0, 0.1) is 17.0 Å². The Hall–Kier alpha value is -3.24. The molecule has 0 aliphatic carbocycles. The van der Waals surface area contributed by atoms with E-state index in [0.29, 0.717) is 0 Å². The zero-order valence-electron chi connectivity index (χ0n) is 14.6. The summed E-state index contributed by atoms with van der Waals surface area (Å²) in [6.45, 7) is 2.02. The van der Waals surface area contributed by atoms with Crippen LogP contribution < -0.4 is 12.4 Å². The minimum atomic E-state index is -0.366. The van der Waals surface area contributed by atoms with Gasteiger partial charge in [-0.1, -0.05) is 60.7 Å². The van der Waals surface area contributed by atoms with Gasteiger partial charge < -0.3 is 12.4 Å². The molecule has 0 saturated carbocycles. The average Bonchev–Trinajstić information content (AvgIpc) is 2.68. The van der Waals surface area contributed by atoms with E-state index in [9.17, 15) is 10.1 Å². The molecule has 0 saturated heterocycles. The van der Waals surface area contributed by atoms with Gasteiger partial charge in [-0.2, -0.15) is 0 Å². The minimum absolute atomic E-state index is 0. The molecule has 27 heavy (non-hydrogen) atoms. The Morgan fingerprint density at radius 3 is 2.04 bits per heavy atom. The minimum Gasteiger partial charge on any atom is -1.00 e. The van der Waals surface area contributed by atoms with E-state index in [1.54, 1.807) is 12.1 Å². The van der Waals surface area contributed by atoms with Gasteiger partial charge in [0, 0.05) is 23.1 Å². The number of halogens is 1. The molecule has 0 aliphatic rings. The molecule has 4 rings (SSSR count). The van der Waals surface area contributed by atoms with Crippen LogP contribution in [-0.2, 0) is 0 Å². The second kappa shape index (κ2) is 7.56. The lowest BCUT2D eigenvalue weighted by molar-refractivity contribution is -0.384. The highest BCUT2D eigenvalue weighted by molar-refractivity contribution is 6.00. The second-order valence-corrected chi connectivity index (χ2v) is 6.15. The van der Waals surface area contributed by atoms with Crippen LogP contribution in [0.5, 0.6) is 0 Å². The fourth-order valence-corrected chi connectivity index (χ4v) is 3.31. The van der Waals surface area contributed by atoms with Crippen molar-refractivity contribution < 1.29 is 17.3 Å². The maximum absolute atomic E-state index is 11.3. The Bertz CT molecular complexity index is 1110. The van der Waals surface area contributed by atoms with Gasteiger partial charge in [-0.05, 0) is 29.7 Å². The van der Waals surface area contributed by atoms with Crippen molar-refractivity contribution in [3.63, 3.8) is 0 Å². The monoisotopic (exact) mass is 375 g/mol. The van der Waals surface area contributed by atoms with E-state index in [1.165, 1.54) is 6.07 Å². The molecule has 0 bridgehead atoms. The molecular formula is C22H16ClN2O2-. The number of fused-ring (bicyclic) bond motifs is 1. The summed E-state index contributed by atoms with van der Waals surface area (Å²) in [6, 6.07) is 24.8. The van der Waals surface area contributed by atoms with Gasteiger partial charge in [0.1, 0.15) is 0 Å². The van der Waals surface area contributed by atoms with Crippen LogP contribution in [0.2, 0.25) is 0 Å². The van der Waals surface area contributed by atoms with E-state index in [1.807, 2.05) is 67.6 Å². The number of nitrogens with zero attached hydrogens (tertiary/aromatic N) is 2. The third-order valence-corrected chi connectivity index (χ3v) is 4.53. The summed E-state index contributed by atoms with van der Waals surface area (Å²) in [5.41, 5.74) is 5.76. The summed E-state index contributed by atoms with van der Waals surface area (Å²) in [5.74, 6) is 0. The molecule has 4 nitrogen and oxygen atoms in total. The summed E-state index contributed by atoms with van der Waals surface area (Å²) in [6.07, 6.45) is 0. The van der Waals surface area contributed by atoms with Gasteiger partial charge in [0.05, 0.1) is 16.1 Å². The smallest absolute Gasteiger partial charge is 0.270 e. The number of hydrogen-bond acceptors (Lipinski definition) is 3. The van der Waals surface area contributed by atoms with Crippen LogP contribution in [0.3, 0.4) is 0 Å². The number of rotatable bonds is 3. The largest absolute Gasteiger partial charge is 1.00 e. The number of aromatic nitrogens is 1. The first-order valence-electron chi connectivity index (χ1n) is 8.35. The number of benzene rings is 3. The SMILES string of the molecule is Cc1c(-c2ccccc2)nc2ccc([N+](=O)[O-])cc2c1-c1ccccc1.[Cl-]. The number of nitro groups is 1. The average molecular weight is 376 g/mol. The molecule has 0 spiro atoms. The molecular weight excluding hydrogens is 360 g/mol. The maximum atomic E-state index is 11.3. The molecule has 4 aromatic rings. The van der Waals surface area contributed by atoms with Crippen LogP contribution in [0.25, 0.3) is 33.3 Å². The van der Waals surface area contributed by atoms with Crippen LogP contribution in [0.15, 0.2) is 78.9 Å². The zero-order chi connectivity index (χ0) is 18.1. The van der Waals surface area contributed by atoms with Crippen molar-refractivity contribution in [1.82, 2.24) is 4.98 Å². The lowest BCUT2D eigenvalue weighted by Gasteiger charge is -2.15. The van der Waals surface area contributed by atoms with Gasteiger partial charge in [-0.15, -0.1) is 0 Å². The lowest BCUT2D eigenvalue weighted by Crippen LogP contribution is -3.00. The van der Waals surface area contributed by atoms with Crippen molar-refractivity contribution in [3.05, 3.63) is 94.5 Å². The standard InChI is InChI=1S/C22H16N2O2.ClH/c1-15-21(16-8-4-2-5-9-16)19-14-18(24(25)26)12-13-20(19)23-22(15)17-10-6-3-7-11-17;/h2-14H,1H3;1H/p-1. The third-order valence-electron chi connectivity index (χ3n) is 4.53. The summed E-state index contributed by atoms with van der Waals surface area (Å²) in [5, 5.41) is 12.0. The zero-order valence-corrected chi connectivity index (χ0v) is 15.4. The van der Waals surface area contributed by atoms with Crippen LogP contribution >= 0.6 is 0 Å². The molecule has 1 heterocycles. The van der Waals surface area contributed by atoms with Gasteiger partial charge in [0.25, 0.3) is 5.69 Å². The Morgan fingerprint density at radius 1 is 0.852 bits per heavy atom. The first-order valence-corrected chi connectivity index (χ1v) is 8.35. The van der Waals surface area contributed by atoms with Crippen LogP contribution in [0.4, 0.5) is 5.69 Å². The van der Waals surface area contributed by atoms with Crippen molar-refractivity contribution in [3.8, 4) is 22.4 Å². The highest BCUT2D eigenvalue weighted by Gasteiger charge is 2.17. The van der Waals surface area contributed by atoms with E-state index < -0.39 is 0 Å². The first-order chi connectivity index (χ1) is 12.6. The molecule has 0 aliphatic heterocycles. The normalized spacial score (nSPS) is 10.4. The molecule has 0 unspecified atom stereocenters. The molecule has 0 fully saturated rings. The predicted octanol–water partition coefficient (Wildman–Crippen LogP) is 2.79. The van der Waals surface area contributed by atoms with Gasteiger partial charge in [-0.3, -0.25) is 10.1 Å². The van der Waals surface area contributed by atoms with Gasteiger partial charge in [0.2, 0.25) is 0 Å². The number of non-ortho nitro benzene ring substituents is 1. The quantitative estimate of drug-likeness (QED) is 0.408. The van der Waals surface area contributed by atoms with Crippen molar-refractivity contribution in [2.24, 2.45) is 0 Å². The molecule has 1 aromatic heterocycles. The molecule has 0 amide bonds. The van der Waals surface area contributed by atoms with E-state index in [0.717, 1.165) is 38.9 Å². The first kappa shape index (κ1) is 18.5. The van der Waals surface area contributed by atoms with Crippen molar-refractivity contribution in [2.45, 2.75) is 6.92 Å². The lowest BCUT2D eigenvalue weighted by atomic mass is 9.93. The van der Waals surface area contributed by atoms with Crippen molar-refractivity contribution >= 4 is 16.6 Å². The highest BCUT2D eigenvalue weighted by atomic mass is 35.5. The maximum Gasteiger partial charge on any atom is 0.270 e. The van der Waals surface area contributed by atoms with Crippen molar-refractivity contribution in [2.75, 3.05) is 0 Å². The third kappa shape index (κ3) is 3.39. The van der Waals surface area contributed by atoms with Gasteiger partial charge in [-0.25, -0.2) is 4.98 Å². The highest BCUT2D eigenvalue weighted by Crippen LogP contribution is 2.37. The Labute approximate surface area is 163 Å². The summed E-state index contributed by atoms with van der Waals surface area (Å²) in [4.78, 5) is 15.7. The molecule has 0 radical (unpaired) electrons. The molecule has 134 valence electrons. The van der Waals surface area contributed by atoms with Crippen LogP contribution in [-0.4, -0.2) is 9.91 Å². The second-order valence-electron chi connectivity index (χ2n) is 6.15. The fourth-order valence-electron chi connectivity index (χ4n) is 3.31. The van der Waals surface area contributed by atoms with E-state index in [2.05, 4.69) is 0 Å². The molecule has 0 N–H and O–H groups in total. The van der Waals surface area contributed by atoms with Crippen molar-refractivity contribution in [1.29, 1.82) is 0 Å². The fraction of sp³-hybridized carbons (Fsp3) is 0.0455. The summed E-state index contributed by atoms with van der Waals surface area (Å²) in [7, 11) is 0. The Morgan fingerprint density at radius 2 is 1.44 bits per heavy atom. The predicted molar refractivity (Wildman–Crippen MR) is 104 cm³/mol. The van der Waals surface area contributed by atoms with Crippen LogP contribution in [0.1, 0.15) is 5.56 Å². The van der Waals surface area contributed by atoms with E-state index >= 15 is 0 Å². The van der Waals surface area contributed by atoms with Gasteiger partial charge in [0.15, 0.2) is 0 Å². The van der Waals surface area contributed by atoms with Gasteiger partial charge >= 0.3 is 0 Å². The number of hydrogen-bond donors (Lipinski definition) is 0. The van der Waals surface area contributed by atoms with E-state index in [-0.39, 0.29) is 23.0 Å². The Kier molecular flexibility index (Phi) is 5.19. The molecule has 3 aromatic carbocycles. The summed E-state index contributed by atoms with van der Waals surface area (Å²) >= 11 is 0. The van der Waals surface area contributed by atoms with E-state index in [4.69, 9.17) is 4.98 Å².